The number of carboxylic acid groups (broad SMARTS) is 1. The number of nitrogens with one attached hydrogen (secondary N) is 1. The van der Waals surface area contributed by atoms with Crippen LogP contribution in [0.4, 0.5) is 24.8 Å². The lowest BCUT2D eigenvalue weighted by molar-refractivity contribution is -0.141. The highest BCUT2D eigenvalue weighted by molar-refractivity contribution is 7.90. The summed E-state index contributed by atoms with van der Waals surface area (Å²) >= 11 is 0. The summed E-state index contributed by atoms with van der Waals surface area (Å²) in [5.41, 5.74) is 1.30. The number of rotatable bonds is 9. The summed E-state index contributed by atoms with van der Waals surface area (Å²) in [6.45, 7) is 3.47. The topological polar surface area (TPSA) is 149 Å². The predicted molar refractivity (Wildman–Crippen MR) is 139 cm³/mol. The van der Waals surface area contributed by atoms with Crippen molar-refractivity contribution < 1.29 is 36.2 Å². The van der Waals surface area contributed by atoms with E-state index in [9.17, 15) is 31.5 Å². The standard InChI is InChI=1S/C25H23F3N6O5S/c1-14-8-15(2)10-17(9-14)31-24-30-13-19(21(32-24)34-5-4-20(33-34)25(26,27)28)16-11-18(23(35)36)22(29-12-16)39-6-7-40(3,37)38/h4-5,8-13H,6-7H2,1-3H3,(H,35,36)(H,30,31,32). The first-order valence-corrected chi connectivity index (χ1v) is 13.7. The Morgan fingerprint density at radius 3 is 2.40 bits per heavy atom. The molecule has 2 N–H and O–H groups in total. The van der Waals surface area contributed by atoms with E-state index >= 15 is 0 Å². The van der Waals surface area contributed by atoms with Crippen LogP contribution in [0.15, 0.2) is 48.9 Å². The molecular weight excluding hydrogens is 553 g/mol. The molecule has 4 rings (SSSR count). The van der Waals surface area contributed by atoms with Gasteiger partial charge in [0, 0.05) is 41.7 Å². The minimum atomic E-state index is -4.71. The molecule has 0 saturated carbocycles. The highest BCUT2D eigenvalue weighted by atomic mass is 32.2. The second kappa shape index (κ2) is 10.9. The Kier molecular flexibility index (Phi) is 7.77. The van der Waals surface area contributed by atoms with Crippen LogP contribution in [0.3, 0.4) is 0 Å². The second-order valence-corrected chi connectivity index (χ2v) is 11.2. The van der Waals surface area contributed by atoms with E-state index < -0.39 is 33.2 Å². The molecular formula is C25H23F3N6O5S. The van der Waals surface area contributed by atoms with Gasteiger partial charge >= 0.3 is 12.1 Å². The largest absolute Gasteiger partial charge is 0.477 e. The Labute approximate surface area is 226 Å². The molecule has 40 heavy (non-hydrogen) atoms. The monoisotopic (exact) mass is 576 g/mol. The molecule has 0 amide bonds. The van der Waals surface area contributed by atoms with Crippen molar-refractivity contribution in [2.24, 2.45) is 0 Å². The molecule has 0 atom stereocenters. The summed E-state index contributed by atoms with van der Waals surface area (Å²) in [5.74, 6) is -2.13. The van der Waals surface area contributed by atoms with Crippen LogP contribution in [-0.2, 0) is 16.0 Å². The zero-order chi connectivity index (χ0) is 29.2. The van der Waals surface area contributed by atoms with Crippen LogP contribution < -0.4 is 10.1 Å². The van der Waals surface area contributed by atoms with Gasteiger partial charge in [0.15, 0.2) is 21.3 Å². The van der Waals surface area contributed by atoms with Gasteiger partial charge in [0.2, 0.25) is 11.8 Å². The lowest BCUT2D eigenvalue weighted by atomic mass is 10.1. The molecule has 11 nitrogen and oxygen atoms in total. The molecule has 0 unspecified atom stereocenters. The van der Waals surface area contributed by atoms with Crippen molar-refractivity contribution in [1.82, 2.24) is 24.7 Å². The molecule has 4 aromatic rings. The third kappa shape index (κ3) is 6.91. The normalized spacial score (nSPS) is 11.8. The molecule has 0 saturated heterocycles. The predicted octanol–water partition coefficient (Wildman–Crippen LogP) is 4.23. The van der Waals surface area contributed by atoms with Gasteiger partial charge in [-0.3, -0.25) is 0 Å². The van der Waals surface area contributed by atoms with E-state index in [0.29, 0.717) is 5.69 Å². The van der Waals surface area contributed by atoms with Gasteiger partial charge in [-0.2, -0.15) is 23.3 Å². The smallest absolute Gasteiger partial charge is 0.435 e. The van der Waals surface area contributed by atoms with Gasteiger partial charge in [-0.05, 0) is 49.2 Å². The van der Waals surface area contributed by atoms with Crippen molar-refractivity contribution in [1.29, 1.82) is 0 Å². The third-order valence-corrected chi connectivity index (χ3v) is 6.34. The first-order chi connectivity index (χ1) is 18.7. The van der Waals surface area contributed by atoms with Crippen molar-refractivity contribution in [2.75, 3.05) is 23.9 Å². The van der Waals surface area contributed by atoms with E-state index in [1.54, 1.807) is 0 Å². The second-order valence-electron chi connectivity index (χ2n) is 8.94. The van der Waals surface area contributed by atoms with Crippen LogP contribution >= 0.6 is 0 Å². The highest BCUT2D eigenvalue weighted by Crippen LogP contribution is 2.32. The van der Waals surface area contributed by atoms with E-state index in [0.717, 1.165) is 34.3 Å². The number of aryl methyl sites for hydroxylation is 2. The quantitative estimate of drug-likeness (QED) is 0.296. The van der Waals surface area contributed by atoms with Crippen LogP contribution in [0.2, 0.25) is 0 Å². The highest BCUT2D eigenvalue weighted by Gasteiger charge is 2.34. The Morgan fingerprint density at radius 1 is 1.10 bits per heavy atom. The summed E-state index contributed by atoms with van der Waals surface area (Å²) in [4.78, 5) is 24.6. The zero-order valence-electron chi connectivity index (χ0n) is 21.4. The molecule has 0 spiro atoms. The van der Waals surface area contributed by atoms with E-state index in [-0.39, 0.29) is 41.1 Å². The number of carboxylic acids is 1. The van der Waals surface area contributed by atoms with Gasteiger partial charge in [-0.15, -0.1) is 0 Å². The fraction of sp³-hybridized carbons (Fsp3) is 0.240. The van der Waals surface area contributed by atoms with Crippen molar-refractivity contribution >= 4 is 27.4 Å². The summed E-state index contributed by atoms with van der Waals surface area (Å²) in [7, 11) is -3.37. The molecule has 3 aromatic heterocycles. The van der Waals surface area contributed by atoms with E-state index in [2.05, 4.69) is 25.4 Å². The summed E-state index contributed by atoms with van der Waals surface area (Å²) < 4.78 is 68.8. The molecule has 3 heterocycles. The van der Waals surface area contributed by atoms with Gasteiger partial charge in [0.25, 0.3) is 0 Å². The number of ether oxygens (including phenoxy) is 1. The Morgan fingerprint density at radius 2 is 1.80 bits per heavy atom. The van der Waals surface area contributed by atoms with Gasteiger partial charge in [0.05, 0.1) is 5.75 Å². The van der Waals surface area contributed by atoms with Gasteiger partial charge in [-0.1, -0.05) is 6.07 Å². The lowest BCUT2D eigenvalue weighted by Gasteiger charge is -2.14. The number of carbonyl (C=O) groups is 1. The van der Waals surface area contributed by atoms with Crippen LogP contribution in [-0.4, -0.2) is 62.8 Å². The number of hydrogen-bond acceptors (Lipinski definition) is 9. The van der Waals surface area contributed by atoms with Crippen molar-refractivity contribution in [2.45, 2.75) is 20.0 Å². The van der Waals surface area contributed by atoms with Crippen LogP contribution in [0.5, 0.6) is 5.88 Å². The lowest BCUT2D eigenvalue weighted by Crippen LogP contribution is -2.14. The number of pyridine rings is 1. The third-order valence-electron chi connectivity index (χ3n) is 5.43. The molecule has 210 valence electrons. The maximum Gasteiger partial charge on any atom is 0.435 e. The van der Waals surface area contributed by atoms with Crippen molar-refractivity contribution in [3.05, 3.63) is 71.3 Å². The number of aromatic carboxylic acids is 1. The van der Waals surface area contributed by atoms with E-state index in [1.807, 2.05) is 32.0 Å². The number of alkyl halides is 3. The van der Waals surface area contributed by atoms with E-state index in [1.165, 1.54) is 18.5 Å². The molecule has 0 aliphatic rings. The summed E-state index contributed by atoms with van der Waals surface area (Å²) in [5, 5.41) is 16.3. The molecule has 0 aliphatic heterocycles. The first kappa shape index (κ1) is 28.5. The first-order valence-electron chi connectivity index (χ1n) is 11.6. The SMILES string of the molecule is Cc1cc(C)cc(Nc2ncc(-c3cnc(OCCS(C)(=O)=O)c(C(=O)O)c3)c(-n3ccc(C(F)(F)F)n3)n2)c1. The molecule has 15 heteroatoms. The average molecular weight is 577 g/mol. The summed E-state index contributed by atoms with van der Waals surface area (Å²) in [6, 6.07) is 7.60. The van der Waals surface area contributed by atoms with E-state index in [4.69, 9.17) is 4.74 Å². The minimum Gasteiger partial charge on any atom is -0.477 e. The van der Waals surface area contributed by atoms with Gasteiger partial charge in [0.1, 0.15) is 12.2 Å². The molecule has 0 bridgehead atoms. The molecule has 0 fully saturated rings. The number of aromatic nitrogens is 5. The van der Waals surface area contributed by atoms with Crippen LogP contribution in [0.25, 0.3) is 16.9 Å². The number of sulfone groups is 1. The fourth-order valence-corrected chi connectivity index (χ4v) is 4.12. The maximum absolute atomic E-state index is 13.3. The van der Waals surface area contributed by atoms with Crippen molar-refractivity contribution in [3.8, 4) is 22.8 Å². The van der Waals surface area contributed by atoms with Crippen LogP contribution in [0, 0.1) is 13.8 Å². The average Bonchev–Trinajstić information content (AvgIpc) is 3.34. The number of nitrogens with zero attached hydrogens (tertiary/aromatic N) is 5. The number of hydrogen-bond donors (Lipinski definition) is 2. The fourth-order valence-electron chi connectivity index (χ4n) is 3.74. The van der Waals surface area contributed by atoms with Gasteiger partial charge < -0.3 is 15.2 Å². The number of halogens is 3. The molecule has 1 aromatic carbocycles. The maximum atomic E-state index is 13.3. The molecule has 0 aliphatic carbocycles. The summed E-state index contributed by atoms with van der Waals surface area (Å²) in [6.07, 6.45) is -0.111. The van der Waals surface area contributed by atoms with Gasteiger partial charge in [-0.25, -0.2) is 27.9 Å². The Hall–Kier alpha value is -4.53. The van der Waals surface area contributed by atoms with Crippen molar-refractivity contribution in [3.63, 3.8) is 0 Å². The number of anilines is 2. The zero-order valence-corrected chi connectivity index (χ0v) is 22.2. The van der Waals surface area contributed by atoms with Crippen LogP contribution in [0.1, 0.15) is 27.2 Å². The Bertz CT molecular complexity index is 1670. The minimum absolute atomic E-state index is 0.0555. The number of benzene rings is 1. The Balaban J connectivity index is 1.79. The molecule has 0 radical (unpaired) electrons.